The molecule has 0 spiro atoms. The predicted octanol–water partition coefficient (Wildman–Crippen LogP) is 2.71. The van der Waals surface area contributed by atoms with Crippen molar-refractivity contribution < 1.29 is 9.90 Å². The second-order valence-corrected chi connectivity index (χ2v) is 7.64. The zero-order valence-corrected chi connectivity index (χ0v) is 15.3. The Hall–Kier alpha value is -1.39. The summed E-state index contributed by atoms with van der Waals surface area (Å²) < 4.78 is 0. The molecule has 0 aliphatic carbocycles. The van der Waals surface area contributed by atoms with Gasteiger partial charge < -0.3 is 15.3 Å². The van der Waals surface area contributed by atoms with Crippen molar-refractivity contribution in [1.82, 2.24) is 10.2 Å². The summed E-state index contributed by atoms with van der Waals surface area (Å²) in [6.07, 6.45) is 2.90. The van der Waals surface area contributed by atoms with Gasteiger partial charge in [0.25, 0.3) is 5.91 Å². The first-order valence-corrected chi connectivity index (χ1v) is 9.21. The zero-order chi connectivity index (χ0) is 17.5. The van der Waals surface area contributed by atoms with Gasteiger partial charge in [-0.25, -0.2) is 0 Å². The monoisotopic (exact) mass is 332 g/mol. The highest BCUT2D eigenvalue weighted by atomic mass is 16.3. The van der Waals surface area contributed by atoms with Crippen LogP contribution in [-0.2, 0) is 6.42 Å². The van der Waals surface area contributed by atoms with Crippen molar-refractivity contribution >= 4 is 5.91 Å². The molecule has 134 valence electrons. The van der Waals surface area contributed by atoms with Crippen LogP contribution in [-0.4, -0.2) is 48.2 Å². The summed E-state index contributed by atoms with van der Waals surface area (Å²) in [4.78, 5) is 14.5. The van der Waals surface area contributed by atoms with Gasteiger partial charge in [-0.2, -0.15) is 0 Å². The van der Waals surface area contributed by atoms with Crippen LogP contribution in [0.3, 0.4) is 0 Å². The minimum absolute atomic E-state index is 0.114. The van der Waals surface area contributed by atoms with Crippen molar-refractivity contribution in [2.45, 2.75) is 46.1 Å². The molecule has 0 saturated carbocycles. The van der Waals surface area contributed by atoms with Crippen molar-refractivity contribution in [3.8, 4) is 0 Å². The van der Waals surface area contributed by atoms with Gasteiger partial charge in [0.1, 0.15) is 0 Å². The number of amides is 1. The van der Waals surface area contributed by atoms with Gasteiger partial charge in [0.05, 0.1) is 6.10 Å². The molecule has 1 heterocycles. The molecule has 1 aromatic rings. The Balaban J connectivity index is 1.73. The predicted molar refractivity (Wildman–Crippen MR) is 98.2 cm³/mol. The third-order valence-corrected chi connectivity index (χ3v) is 4.70. The van der Waals surface area contributed by atoms with Crippen molar-refractivity contribution in [2.75, 3.05) is 26.2 Å². The molecule has 1 aromatic carbocycles. The fraction of sp³-hybridized carbons (Fsp3) is 0.650. The standard InChI is InChI=1S/C20H32N2O2/c1-15(2)12-17-4-6-18(7-5-17)20(24)21-13-19(23)14-22-10-8-16(3)9-11-22/h4-7,15-16,19,23H,8-14H2,1-3H3,(H,21,24). The van der Waals surface area contributed by atoms with Crippen LogP contribution < -0.4 is 5.32 Å². The molecule has 24 heavy (non-hydrogen) atoms. The first kappa shape index (κ1) is 18.9. The average molecular weight is 332 g/mol. The lowest BCUT2D eigenvalue weighted by molar-refractivity contribution is 0.0795. The molecule has 0 radical (unpaired) electrons. The number of carbonyl (C=O) groups excluding carboxylic acids is 1. The van der Waals surface area contributed by atoms with Gasteiger partial charge in [0.2, 0.25) is 0 Å². The van der Waals surface area contributed by atoms with Gasteiger partial charge in [-0.3, -0.25) is 4.79 Å². The van der Waals surface area contributed by atoms with E-state index in [-0.39, 0.29) is 5.91 Å². The first-order valence-electron chi connectivity index (χ1n) is 9.21. The van der Waals surface area contributed by atoms with E-state index in [0.717, 1.165) is 25.4 Å². The molecule has 1 fully saturated rings. The fourth-order valence-corrected chi connectivity index (χ4v) is 3.18. The maximum atomic E-state index is 12.2. The summed E-state index contributed by atoms with van der Waals surface area (Å²) >= 11 is 0. The number of aliphatic hydroxyl groups is 1. The van der Waals surface area contributed by atoms with E-state index in [1.54, 1.807) is 0 Å². The summed E-state index contributed by atoms with van der Waals surface area (Å²) in [5, 5.41) is 13.0. The highest BCUT2D eigenvalue weighted by Crippen LogP contribution is 2.16. The Morgan fingerprint density at radius 1 is 1.25 bits per heavy atom. The SMILES string of the molecule is CC(C)Cc1ccc(C(=O)NCC(O)CN2CCC(C)CC2)cc1. The molecule has 1 unspecified atom stereocenters. The van der Waals surface area contributed by atoms with Crippen LogP contribution in [0.4, 0.5) is 0 Å². The van der Waals surface area contributed by atoms with E-state index < -0.39 is 6.10 Å². The molecule has 0 bridgehead atoms. The van der Waals surface area contributed by atoms with Crippen LogP contribution in [0.1, 0.15) is 49.5 Å². The van der Waals surface area contributed by atoms with Gasteiger partial charge in [0, 0.05) is 18.7 Å². The van der Waals surface area contributed by atoms with E-state index >= 15 is 0 Å². The van der Waals surface area contributed by atoms with Gasteiger partial charge in [-0.05, 0) is 61.9 Å². The number of nitrogens with one attached hydrogen (secondary N) is 1. The molecule has 2 N–H and O–H groups in total. The van der Waals surface area contributed by atoms with Gasteiger partial charge in [0.15, 0.2) is 0 Å². The molecule has 1 atom stereocenters. The van der Waals surface area contributed by atoms with E-state index in [0.29, 0.717) is 24.6 Å². The number of hydrogen-bond donors (Lipinski definition) is 2. The summed E-state index contributed by atoms with van der Waals surface area (Å²) in [6.45, 7) is 9.68. The molecule has 0 aromatic heterocycles. The third kappa shape index (κ3) is 6.25. The Kier molecular flexibility index (Phi) is 7.25. The summed E-state index contributed by atoms with van der Waals surface area (Å²) in [5.41, 5.74) is 1.91. The van der Waals surface area contributed by atoms with Crippen LogP contribution in [0.2, 0.25) is 0 Å². The largest absolute Gasteiger partial charge is 0.390 e. The lowest BCUT2D eigenvalue weighted by atomic mass is 9.99. The lowest BCUT2D eigenvalue weighted by Gasteiger charge is -2.31. The normalized spacial score (nSPS) is 17.9. The minimum Gasteiger partial charge on any atom is -0.390 e. The maximum Gasteiger partial charge on any atom is 0.251 e. The lowest BCUT2D eigenvalue weighted by Crippen LogP contribution is -2.43. The van der Waals surface area contributed by atoms with Crippen molar-refractivity contribution in [3.63, 3.8) is 0 Å². The Morgan fingerprint density at radius 3 is 2.46 bits per heavy atom. The van der Waals surface area contributed by atoms with Crippen molar-refractivity contribution in [2.24, 2.45) is 11.8 Å². The molecule has 1 amide bonds. The minimum atomic E-state index is -0.512. The Labute approximate surface area is 146 Å². The van der Waals surface area contributed by atoms with Gasteiger partial charge >= 0.3 is 0 Å². The molecule has 1 aliphatic rings. The third-order valence-electron chi connectivity index (χ3n) is 4.70. The van der Waals surface area contributed by atoms with E-state index in [2.05, 4.69) is 31.0 Å². The first-order chi connectivity index (χ1) is 11.4. The average Bonchev–Trinajstić information content (AvgIpc) is 2.55. The highest BCUT2D eigenvalue weighted by Gasteiger charge is 2.18. The van der Waals surface area contributed by atoms with Crippen LogP contribution in [0.5, 0.6) is 0 Å². The number of piperidine rings is 1. The number of likely N-dealkylation sites (tertiary alicyclic amines) is 1. The second-order valence-electron chi connectivity index (χ2n) is 7.64. The number of hydrogen-bond acceptors (Lipinski definition) is 3. The van der Waals surface area contributed by atoms with Crippen LogP contribution in [0, 0.1) is 11.8 Å². The Bertz CT molecular complexity index is 505. The molecule has 2 rings (SSSR count). The number of carbonyl (C=O) groups is 1. The highest BCUT2D eigenvalue weighted by molar-refractivity contribution is 5.94. The zero-order valence-electron chi connectivity index (χ0n) is 15.3. The maximum absolute atomic E-state index is 12.2. The fourth-order valence-electron chi connectivity index (χ4n) is 3.18. The molecular formula is C20H32N2O2. The smallest absolute Gasteiger partial charge is 0.251 e. The molecule has 4 heteroatoms. The van der Waals surface area contributed by atoms with Crippen LogP contribution in [0.15, 0.2) is 24.3 Å². The van der Waals surface area contributed by atoms with E-state index in [1.807, 2.05) is 24.3 Å². The topological polar surface area (TPSA) is 52.6 Å². The summed E-state index contributed by atoms with van der Waals surface area (Å²) in [6, 6.07) is 7.76. The second kappa shape index (κ2) is 9.19. The molecule has 1 aliphatic heterocycles. The molecular weight excluding hydrogens is 300 g/mol. The molecule has 1 saturated heterocycles. The van der Waals surface area contributed by atoms with Crippen LogP contribution in [0.25, 0.3) is 0 Å². The number of β-amino-alcohol motifs (C(OH)–C–C–N with tert-alkyl or cyclic N) is 1. The Morgan fingerprint density at radius 2 is 1.88 bits per heavy atom. The number of benzene rings is 1. The summed E-state index contributed by atoms with van der Waals surface area (Å²) in [7, 11) is 0. The van der Waals surface area contributed by atoms with E-state index in [9.17, 15) is 9.90 Å². The van der Waals surface area contributed by atoms with Crippen molar-refractivity contribution in [3.05, 3.63) is 35.4 Å². The van der Waals surface area contributed by atoms with Gasteiger partial charge in [-0.15, -0.1) is 0 Å². The molecule has 4 nitrogen and oxygen atoms in total. The van der Waals surface area contributed by atoms with E-state index in [1.165, 1.54) is 18.4 Å². The number of nitrogens with zero attached hydrogens (tertiary/aromatic N) is 1. The number of rotatable bonds is 7. The quantitative estimate of drug-likeness (QED) is 0.807. The van der Waals surface area contributed by atoms with Crippen molar-refractivity contribution in [1.29, 1.82) is 0 Å². The summed E-state index contributed by atoms with van der Waals surface area (Å²) in [5.74, 6) is 1.28. The van der Waals surface area contributed by atoms with Crippen LogP contribution >= 0.6 is 0 Å². The van der Waals surface area contributed by atoms with Gasteiger partial charge in [-0.1, -0.05) is 32.9 Å². The van der Waals surface area contributed by atoms with E-state index in [4.69, 9.17) is 0 Å². The number of aliphatic hydroxyl groups excluding tert-OH is 1.